The number of rotatable bonds is 5. The summed E-state index contributed by atoms with van der Waals surface area (Å²) in [7, 11) is 3.28. The smallest absolute Gasteiger partial charge is 0.348 e. The van der Waals surface area contributed by atoms with E-state index in [1.165, 1.54) is 0 Å². The van der Waals surface area contributed by atoms with Crippen LogP contribution in [-0.2, 0) is 0 Å². The van der Waals surface area contributed by atoms with Gasteiger partial charge in [-0.1, -0.05) is 43.8 Å². The van der Waals surface area contributed by atoms with Crippen molar-refractivity contribution in [2.45, 2.75) is 12.5 Å². The molecule has 0 heterocycles. The molecule has 1 atom stereocenters. The zero-order chi connectivity index (χ0) is 18.2. The largest absolute Gasteiger partial charge is 0.497 e. The first kappa shape index (κ1) is 20.9. The normalized spacial score (nSPS) is 11.8. The van der Waals surface area contributed by atoms with E-state index < -0.39 is 6.00 Å². The summed E-state index contributed by atoms with van der Waals surface area (Å²) in [5, 5.41) is 0. The minimum Gasteiger partial charge on any atom is -0.497 e. The highest BCUT2D eigenvalue weighted by Crippen LogP contribution is 2.36. The molecule has 0 spiro atoms. The van der Waals surface area contributed by atoms with Crippen molar-refractivity contribution < 1.29 is 9.47 Å². The van der Waals surface area contributed by atoms with Crippen LogP contribution in [-0.4, -0.2) is 20.2 Å². The highest BCUT2D eigenvalue weighted by Gasteiger charge is 2.34. The Balaban J connectivity index is 0.000000254. The summed E-state index contributed by atoms with van der Waals surface area (Å²) in [6.45, 7) is 5.58. The predicted octanol–water partition coefficient (Wildman–Crippen LogP) is 6.33. The highest BCUT2D eigenvalue weighted by molar-refractivity contribution is 7.65. The lowest BCUT2D eigenvalue weighted by Crippen LogP contribution is -2.20. The monoisotopic (exact) mass is 402 g/mol. The van der Waals surface area contributed by atoms with Crippen LogP contribution < -0.4 is 9.47 Å². The van der Waals surface area contributed by atoms with Gasteiger partial charge in [0.25, 0.3) is 0 Å². The third-order valence-corrected chi connectivity index (χ3v) is 7.72. The molecule has 24 heavy (non-hydrogen) atoms. The standard InChI is InChI=1S/C9H11Cl3OSi.C9H10O/c1-7(14(10,11)12)8-3-5-9(13-2)6-4-8;1-3-8-4-6-9(10-2)7-5-8/h3-7H,1-2H3;3-7H,1H2,2H3. The summed E-state index contributed by atoms with van der Waals surface area (Å²) in [5.74, 6) is 1.69. The van der Waals surface area contributed by atoms with Gasteiger partial charge in [0.1, 0.15) is 11.5 Å². The van der Waals surface area contributed by atoms with Gasteiger partial charge in [-0.3, -0.25) is 0 Å². The van der Waals surface area contributed by atoms with Crippen LogP contribution in [0.3, 0.4) is 0 Å². The topological polar surface area (TPSA) is 18.5 Å². The molecule has 2 nitrogen and oxygen atoms in total. The molecular weight excluding hydrogens is 383 g/mol. The van der Waals surface area contributed by atoms with Crippen molar-refractivity contribution in [3.05, 3.63) is 66.2 Å². The van der Waals surface area contributed by atoms with Crippen LogP contribution >= 0.6 is 33.2 Å². The van der Waals surface area contributed by atoms with Crippen LogP contribution in [0.15, 0.2) is 55.1 Å². The van der Waals surface area contributed by atoms with Gasteiger partial charge in [-0.15, -0.1) is 33.2 Å². The Labute approximate surface area is 159 Å². The fraction of sp³-hybridized carbons (Fsp3) is 0.222. The Hall–Kier alpha value is -1.13. The van der Waals surface area contributed by atoms with E-state index in [9.17, 15) is 0 Å². The van der Waals surface area contributed by atoms with Crippen LogP contribution in [0, 0.1) is 0 Å². The molecule has 0 bridgehead atoms. The molecule has 0 aliphatic carbocycles. The fourth-order valence-electron chi connectivity index (χ4n) is 1.82. The number of methoxy groups -OCH3 is 2. The number of hydrogen-bond donors (Lipinski definition) is 0. The molecule has 0 aromatic heterocycles. The molecule has 2 aromatic carbocycles. The fourth-order valence-corrected chi connectivity index (χ4v) is 3.53. The highest BCUT2D eigenvalue weighted by atomic mass is 35.8. The quantitative estimate of drug-likeness (QED) is 0.429. The summed E-state index contributed by atoms with van der Waals surface area (Å²) in [5.41, 5.74) is 2.15. The molecule has 0 saturated heterocycles. The lowest BCUT2D eigenvalue weighted by molar-refractivity contribution is 0.414. The zero-order valence-electron chi connectivity index (χ0n) is 13.9. The SMILES string of the molecule is C=Cc1ccc(OC)cc1.COc1ccc(C(C)[Si](Cl)(Cl)Cl)cc1. The lowest BCUT2D eigenvalue weighted by atomic mass is 10.1. The van der Waals surface area contributed by atoms with Crippen LogP contribution in [0.25, 0.3) is 6.08 Å². The second kappa shape index (κ2) is 9.99. The molecule has 130 valence electrons. The molecule has 2 aromatic rings. The van der Waals surface area contributed by atoms with Gasteiger partial charge in [0, 0.05) is 5.54 Å². The summed E-state index contributed by atoms with van der Waals surface area (Å²) >= 11 is 17.8. The Morgan fingerprint density at radius 1 is 0.875 bits per heavy atom. The van der Waals surface area contributed by atoms with Crippen molar-refractivity contribution in [3.63, 3.8) is 0 Å². The van der Waals surface area contributed by atoms with Crippen molar-refractivity contribution in [3.8, 4) is 11.5 Å². The van der Waals surface area contributed by atoms with Gasteiger partial charge in [0.05, 0.1) is 14.2 Å². The van der Waals surface area contributed by atoms with Crippen molar-refractivity contribution in [1.82, 2.24) is 0 Å². The average Bonchev–Trinajstić information content (AvgIpc) is 2.61. The van der Waals surface area contributed by atoms with E-state index >= 15 is 0 Å². The maximum atomic E-state index is 5.93. The Kier molecular flexibility index (Phi) is 8.71. The minimum absolute atomic E-state index is 0.00148. The number of hydrogen-bond acceptors (Lipinski definition) is 2. The van der Waals surface area contributed by atoms with Gasteiger partial charge >= 0.3 is 6.00 Å². The predicted molar refractivity (Wildman–Crippen MR) is 108 cm³/mol. The Bertz CT molecular complexity index is 622. The summed E-state index contributed by atoms with van der Waals surface area (Å²) in [6.07, 6.45) is 1.80. The molecule has 0 radical (unpaired) electrons. The van der Waals surface area contributed by atoms with Crippen LogP contribution in [0.1, 0.15) is 23.6 Å². The maximum Gasteiger partial charge on any atom is 0.348 e. The molecule has 0 aliphatic heterocycles. The van der Waals surface area contributed by atoms with Gasteiger partial charge in [-0.25, -0.2) is 0 Å². The third-order valence-electron chi connectivity index (χ3n) is 3.46. The summed E-state index contributed by atoms with van der Waals surface area (Å²) in [4.78, 5) is 0. The first-order valence-corrected chi connectivity index (χ1v) is 12.4. The van der Waals surface area contributed by atoms with E-state index in [4.69, 9.17) is 42.7 Å². The van der Waals surface area contributed by atoms with Gasteiger partial charge in [0.15, 0.2) is 0 Å². The van der Waals surface area contributed by atoms with E-state index in [0.29, 0.717) is 0 Å². The molecule has 1 unspecified atom stereocenters. The molecule has 0 fully saturated rings. The van der Waals surface area contributed by atoms with Crippen molar-refractivity contribution >= 4 is 45.3 Å². The van der Waals surface area contributed by atoms with E-state index in [-0.39, 0.29) is 5.54 Å². The number of halogens is 3. The molecule has 6 heteroatoms. The second-order valence-corrected chi connectivity index (χ2v) is 14.1. The number of benzene rings is 2. The molecule has 2 rings (SSSR count). The second-order valence-electron chi connectivity index (χ2n) is 5.01. The third kappa shape index (κ3) is 6.77. The molecule has 0 amide bonds. The molecule has 0 saturated carbocycles. The Morgan fingerprint density at radius 2 is 1.29 bits per heavy atom. The molecule has 0 N–H and O–H groups in total. The maximum absolute atomic E-state index is 5.93. The first-order valence-electron chi connectivity index (χ1n) is 7.29. The van der Waals surface area contributed by atoms with E-state index in [2.05, 4.69) is 6.58 Å². The Morgan fingerprint density at radius 3 is 1.62 bits per heavy atom. The van der Waals surface area contributed by atoms with Crippen molar-refractivity contribution in [2.75, 3.05) is 14.2 Å². The van der Waals surface area contributed by atoms with Crippen LogP contribution in [0.4, 0.5) is 0 Å². The van der Waals surface area contributed by atoms with Crippen LogP contribution in [0.2, 0.25) is 0 Å². The summed E-state index contributed by atoms with van der Waals surface area (Å²) in [6, 6.07) is 12.7. The zero-order valence-corrected chi connectivity index (χ0v) is 17.2. The minimum atomic E-state index is -2.65. The van der Waals surface area contributed by atoms with E-state index in [1.54, 1.807) is 20.3 Å². The van der Waals surface area contributed by atoms with Gasteiger partial charge in [-0.05, 0) is 35.4 Å². The van der Waals surface area contributed by atoms with Gasteiger partial charge in [0.2, 0.25) is 0 Å². The molecular formula is C18H21Cl3O2Si. The van der Waals surface area contributed by atoms with Crippen LogP contribution in [0.5, 0.6) is 11.5 Å². The van der Waals surface area contributed by atoms with Gasteiger partial charge in [-0.2, -0.15) is 0 Å². The lowest BCUT2D eigenvalue weighted by Gasteiger charge is -2.17. The van der Waals surface area contributed by atoms with E-state index in [1.807, 2.05) is 55.5 Å². The van der Waals surface area contributed by atoms with E-state index in [0.717, 1.165) is 22.6 Å². The van der Waals surface area contributed by atoms with Crippen molar-refractivity contribution in [2.24, 2.45) is 0 Å². The summed E-state index contributed by atoms with van der Waals surface area (Å²) < 4.78 is 10.0. The number of ether oxygens (including phenoxy) is 2. The van der Waals surface area contributed by atoms with Crippen molar-refractivity contribution in [1.29, 1.82) is 0 Å². The molecule has 0 aliphatic rings. The van der Waals surface area contributed by atoms with Gasteiger partial charge < -0.3 is 9.47 Å². The average molecular weight is 404 g/mol. The first-order chi connectivity index (χ1) is 11.3.